The van der Waals surface area contributed by atoms with Crippen LogP contribution in [0.2, 0.25) is 0 Å². The lowest BCUT2D eigenvalue weighted by molar-refractivity contribution is -0.0869. The van der Waals surface area contributed by atoms with Gasteiger partial charge in [-0.1, -0.05) is 33.8 Å². The zero-order valence-electron chi connectivity index (χ0n) is 14.8. The van der Waals surface area contributed by atoms with E-state index in [9.17, 15) is 26.3 Å². The van der Waals surface area contributed by atoms with Crippen LogP contribution >= 0.6 is 10.5 Å². The van der Waals surface area contributed by atoms with Crippen LogP contribution in [0.25, 0.3) is 10.1 Å². The highest BCUT2D eigenvalue weighted by atomic mass is 32.2. The average Bonchev–Trinajstić information content (AvgIpc) is 2.84. The number of hydrogen-bond acceptors (Lipinski definition) is 3. The van der Waals surface area contributed by atoms with Gasteiger partial charge in [0, 0.05) is 22.9 Å². The van der Waals surface area contributed by atoms with Gasteiger partial charge in [-0.05, 0) is 18.1 Å². The summed E-state index contributed by atoms with van der Waals surface area (Å²) in [6.07, 6.45) is 0.757. The summed E-state index contributed by atoms with van der Waals surface area (Å²) in [6.45, 7) is 7.49. The Hall–Kier alpha value is -1.33. The third kappa shape index (κ3) is 5.82. The van der Waals surface area contributed by atoms with E-state index in [1.165, 1.54) is 0 Å². The van der Waals surface area contributed by atoms with Gasteiger partial charge in [0.15, 0.2) is 19.7 Å². The summed E-state index contributed by atoms with van der Waals surface area (Å²) in [6, 6.07) is 7.18. The highest BCUT2D eigenvalue weighted by molar-refractivity contribution is 7.86. The maximum Gasteiger partial charge on any atom is 0.600 e. The smallest absolute Gasteiger partial charge is 0.600 e. The topological polar surface area (TPSA) is 57.2 Å². The number of aryl methyl sites for hydroxylation is 1. The highest BCUT2D eigenvalue weighted by Gasteiger charge is 2.50. The van der Waals surface area contributed by atoms with Crippen molar-refractivity contribution in [3.8, 4) is 0 Å². The Morgan fingerprint density at radius 3 is 1.81 bits per heavy atom. The third-order valence-electron chi connectivity index (χ3n) is 3.47. The number of alkyl halides is 6. The molecule has 0 aliphatic carbocycles. The first-order valence-electron chi connectivity index (χ1n) is 7.58. The second-order valence-electron chi connectivity index (χ2n) is 6.64. The van der Waals surface area contributed by atoms with Crippen molar-refractivity contribution in [3.05, 3.63) is 34.7 Å². The normalized spacial score (nSPS) is 14.1. The summed E-state index contributed by atoms with van der Waals surface area (Å²) in [5.41, 5.74) is -9.35. The fraction of sp³-hybridized carbons (Fsp3) is 0.500. The van der Waals surface area contributed by atoms with E-state index in [0.717, 1.165) is 17.4 Å². The van der Waals surface area contributed by atoms with Gasteiger partial charge in [-0.3, -0.25) is 0 Å². The van der Waals surface area contributed by atoms with E-state index in [2.05, 4.69) is 0 Å². The molecule has 1 aromatic heterocycles. The Kier molecular flexibility index (Phi) is 6.67. The van der Waals surface area contributed by atoms with Crippen LogP contribution in [0.3, 0.4) is 0 Å². The Bertz CT molecular complexity index is 903. The summed E-state index contributed by atoms with van der Waals surface area (Å²) in [4.78, 5) is 0.489. The van der Waals surface area contributed by atoms with Crippen LogP contribution in [0.15, 0.2) is 24.3 Å². The molecule has 0 amide bonds. The van der Waals surface area contributed by atoms with E-state index in [0.29, 0.717) is 9.58 Å². The molecule has 0 aliphatic heterocycles. The van der Waals surface area contributed by atoms with Crippen molar-refractivity contribution >= 4 is 30.7 Å². The molecule has 1 atom stereocenters. The van der Waals surface area contributed by atoms with Crippen LogP contribution in [0, 0.1) is 0 Å². The zero-order valence-corrected chi connectivity index (χ0v) is 16.5. The minimum absolute atomic E-state index is 0.441. The number of hydrogen-bond donors (Lipinski definition) is 0. The molecule has 0 fully saturated rings. The average molecular weight is 436 g/mol. The molecule has 0 aliphatic rings. The SMILES string of the molecule is CCc1ccc2cc(C(C)(C)C)[s+](C(F)(F)F)c2c1.O=S(=O)([O-])C(F)(F)F. The molecule has 0 spiro atoms. The molecular weight excluding hydrogens is 418 g/mol. The van der Waals surface area contributed by atoms with E-state index in [-0.39, 0.29) is 0 Å². The van der Waals surface area contributed by atoms with Gasteiger partial charge in [0.1, 0.15) is 0 Å². The number of rotatable bonds is 1. The first-order valence-corrected chi connectivity index (χ1v) is 10.2. The maximum absolute atomic E-state index is 13.4. The molecule has 11 heteroatoms. The molecule has 2 rings (SSSR count). The lowest BCUT2D eigenvalue weighted by Gasteiger charge is -2.13. The predicted octanol–water partition coefficient (Wildman–Crippen LogP) is 5.98. The van der Waals surface area contributed by atoms with Crippen molar-refractivity contribution in [1.29, 1.82) is 0 Å². The molecular formula is C16H18F6O3S2. The summed E-state index contributed by atoms with van der Waals surface area (Å²) in [5.74, 6) is 0. The summed E-state index contributed by atoms with van der Waals surface area (Å²) >= 11 is 0. The standard InChI is InChI=1S/C15H18F3S.CHF3O3S/c1-5-10-6-7-11-9-13(14(2,3)4)19(12(11)8-10)15(16,17)18;2-1(3,4)8(5,6)7/h6-9H,5H2,1-4H3;(H,5,6,7)/q+1;/p-1. The van der Waals surface area contributed by atoms with Gasteiger partial charge in [-0.2, -0.15) is 13.2 Å². The molecule has 0 radical (unpaired) electrons. The summed E-state index contributed by atoms with van der Waals surface area (Å²) in [5, 5.41) is 0.725. The molecule has 0 saturated carbocycles. The van der Waals surface area contributed by atoms with Gasteiger partial charge in [0.25, 0.3) is 0 Å². The van der Waals surface area contributed by atoms with E-state index in [4.69, 9.17) is 13.0 Å². The van der Waals surface area contributed by atoms with Crippen molar-refractivity contribution in [2.24, 2.45) is 0 Å². The lowest BCUT2D eigenvalue weighted by Crippen LogP contribution is -2.21. The minimum Gasteiger partial charge on any atom is -0.741 e. The maximum atomic E-state index is 13.4. The van der Waals surface area contributed by atoms with Crippen LogP contribution in [-0.2, 0) is 27.5 Å². The Morgan fingerprint density at radius 2 is 1.48 bits per heavy atom. The van der Waals surface area contributed by atoms with Crippen LogP contribution in [-0.4, -0.2) is 18.5 Å². The van der Waals surface area contributed by atoms with E-state index in [1.807, 2.05) is 39.8 Å². The molecule has 0 N–H and O–H groups in total. The van der Waals surface area contributed by atoms with Gasteiger partial charge in [0.05, 0.1) is 10.5 Å². The van der Waals surface area contributed by atoms with Gasteiger partial charge in [-0.25, -0.2) is 8.42 Å². The number of fused-ring (bicyclic) bond motifs is 1. The third-order valence-corrected chi connectivity index (χ3v) is 6.46. The van der Waals surface area contributed by atoms with E-state index in [1.54, 1.807) is 12.1 Å². The Balaban J connectivity index is 0.000000387. The van der Waals surface area contributed by atoms with Crippen molar-refractivity contribution in [3.63, 3.8) is 0 Å². The number of thiophene rings is 1. The number of benzene rings is 1. The second kappa shape index (κ2) is 7.59. The predicted molar refractivity (Wildman–Crippen MR) is 91.6 cm³/mol. The first kappa shape index (κ1) is 23.7. The van der Waals surface area contributed by atoms with E-state index >= 15 is 0 Å². The van der Waals surface area contributed by atoms with Crippen LogP contribution < -0.4 is 0 Å². The van der Waals surface area contributed by atoms with Crippen molar-refractivity contribution in [2.45, 2.75) is 50.5 Å². The largest absolute Gasteiger partial charge is 0.741 e. The van der Waals surface area contributed by atoms with Crippen molar-refractivity contribution < 1.29 is 39.3 Å². The van der Waals surface area contributed by atoms with Crippen LogP contribution in [0.5, 0.6) is 0 Å². The molecule has 154 valence electrons. The molecule has 0 bridgehead atoms. The zero-order chi connectivity index (χ0) is 21.4. The summed E-state index contributed by atoms with van der Waals surface area (Å²) in [7, 11) is -7.87. The lowest BCUT2D eigenvalue weighted by atomic mass is 9.94. The van der Waals surface area contributed by atoms with E-state index < -0.39 is 37.0 Å². The Morgan fingerprint density at radius 1 is 1.00 bits per heavy atom. The molecule has 3 nitrogen and oxygen atoms in total. The van der Waals surface area contributed by atoms with Crippen molar-refractivity contribution in [2.75, 3.05) is 0 Å². The van der Waals surface area contributed by atoms with Crippen molar-refractivity contribution in [1.82, 2.24) is 0 Å². The quantitative estimate of drug-likeness (QED) is 0.239. The van der Waals surface area contributed by atoms with Crippen LogP contribution in [0.4, 0.5) is 26.3 Å². The molecule has 1 unspecified atom stereocenters. The van der Waals surface area contributed by atoms with Gasteiger partial charge < -0.3 is 4.55 Å². The summed E-state index contributed by atoms with van der Waals surface area (Å²) < 4.78 is 99.6. The fourth-order valence-electron chi connectivity index (χ4n) is 2.19. The Labute approximate surface area is 155 Å². The number of halogens is 6. The molecule has 2 aromatic rings. The van der Waals surface area contributed by atoms with Gasteiger partial charge in [0.2, 0.25) is 0 Å². The fourth-order valence-corrected chi connectivity index (χ4v) is 4.41. The molecule has 27 heavy (non-hydrogen) atoms. The molecule has 0 saturated heterocycles. The van der Waals surface area contributed by atoms with Gasteiger partial charge >= 0.3 is 11.0 Å². The molecule has 1 aromatic carbocycles. The minimum atomic E-state index is -6.09. The monoisotopic (exact) mass is 436 g/mol. The van der Waals surface area contributed by atoms with Crippen LogP contribution in [0.1, 0.15) is 38.1 Å². The second-order valence-corrected chi connectivity index (χ2v) is 9.96. The molecule has 1 heterocycles. The van der Waals surface area contributed by atoms with Gasteiger partial charge in [-0.15, -0.1) is 13.2 Å². The first-order chi connectivity index (χ1) is 11.9. The highest BCUT2D eigenvalue weighted by Crippen LogP contribution is 2.54.